The molecule has 4 aromatic carbocycles. The van der Waals surface area contributed by atoms with Gasteiger partial charge in [-0.25, -0.2) is 4.98 Å². The number of thioether (sulfide) groups is 1. The van der Waals surface area contributed by atoms with Gasteiger partial charge in [0.15, 0.2) is 5.13 Å². The van der Waals surface area contributed by atoms with Gasteiger partial charge < -0.3 is 20.9 Å². The molecule has 0 saturated heterocycles. The number of nitrogens with one attached hydrogen (secondary N) is 3. The van der Waals surface area contributed by atoms with Crippen molar-refractivity contribution >= 4 is 63.4 Å². The average Bonchev–Trinajstić information content (AvgIpc) is 3.47. The summed E-state index contributed by atoms with van der Waals surface area (Å²) < 4.78 is 0. The van der Waals surface area contributed by atoms with Crippen LogP contribution in [0.25, 0.3) is 17.3 Å². The normalized spacial score (nSPS) is 11.8. The van der Waals surface area contributed by atoms with Gasteiger partial charge in [-0.05, 0) is 74.4 Å². The van der Waals surface area contributed by atoms with Crippen LogP contribution in [0, 0.1) is 13.8 Å². The first-order chi connectivity index (χ1) is 23.6. The maximum absolute atomic E-state index is 13.6. The number of aromatic nitrogens is 1. The molecule has 49 heavy (non-hydrogen) atoms. The van der Waals surface area contributed by atoms with Gasteiger partial charge in [-0.15, -0.1) is 23.1 Å². The molecular weight excluding hydrogens is 651 g/mol. The van der Waals surface area contributed by atoms with E-state index in [1.54, 1.807) is 36.4 Å². The molecular formula is C39H39N5O3S2. The summed E-state index contributed by atoms with van der Waals surface area (Å²) in [6.45, 7) is 6.01. The number of rotatable bonds is 12. The second-order valence-electron chi connectivity index (χ2n) is 11.6. The fourth-order valence-electron chi connectivity index (χ4n) is 4.92. The van der Waals surface area contributed by atoms with E-state index in [4.69, 9.17) is 4.98 Å². The van der Waals surface area contributed by atoms with E-state index in [1.807, 2.05) is 100 Å². The molecule has 0 bridgehead atoms. The van der Waals surface area contributed by atoms with Crippen LogP contribution in [0.4, 0.5) is 16.5 Å². The zero-order valence-corrected chi connectivity index (χ0v) is 29.7. The molecule has 0 aliphatic rings. The van der Waals surface area contributed by atoms with Crippen molar-refractivity contribution in [3.8, 4) is 11.3 Å². The van der Waals surface area contributed by atoms with Crippen molar-refractivity contribution in [2.75, 3.05) is 29.6 Å². The molecule has 8 nitrogen and oxygen atoms in total. The maximum Gasteiger partial charge on any atom is 0.272 e. The molecule has 1 atom stereocenters. The highest BCUT2D eigenvalue weighted by molar-refractivity contribution is 8.00. The highest BCUT2D eigenvalue weighted by atomic mass is 32.2. The first-order valence-electron chi connectivity index (χ1n) is 15.9. The van der Waals surface area contributed by atoms with Gasteiger partial charge in [-0.2, -0.15) is 0 Å². The van der Waals surface area contributed by atoms with Gasteiger partial charge >= 0.3 is 0 Å². The van der Waals surface area contributed by atoms with Crippen molar-refractivity contribution < 1.29 is 14.4 Å². The minimum Gasteiger partial charge on any atom is -0.378 e. The van der Waals surface area contributed by atoms with Crippen LogP contribution >= 0.6 is 23.1 Å². The molecule has 3 N–H and O–H groups in total. The quantitative estimate of drug-likeness (QED) is 0.0898. The summed E-state index contributed by atoms with van der Waals surface area (Å²) in [5.41, 5.74) is 5.89. The van der Waals surface area contributed by atoms with Crippen LogP contribution in [0.1, 0.15) is 39.7 Å². The SMILES string of the molecule is CCC(Sc1cccc(NC(=O)/C(=C\c2ccc(N(C)C)cc2)NC(=O)c2ccccc2)c1)C(=O)Nc1nc(-c2ccc(C)cc2)c(C)s1. The third-order valence-electron chi connectivity index (χ3n) is 7.63. The van der Waals surface area contributed by atoms with Gasteiger partial charge in [0.25, 0.3) is 11.8 Å². The second-order valence-corrected chi connectivity index (χ2v) is 14.1. The van der Waals surface area contributed by atoms with E-state index in [1.165, 1.54) is 28.7 Å². The summed E-state index contributed by atoms with van der Waals surface area (Å²) in [4.78, 5) is 48.6. The number of amides is 3. The third-order valence-corrected chi connectivity index (χ3v) is 9.88. The van der Waals surface area contributed by atoms with Crippen molar-refractivity contribution in [1.29, 1.82) is 0 Å². The standard InChI is InChI=1S/C39H39N5O3S2/c1-6-34(38(47)43-39-42-35(26(3)48-39)28-19-15-25(2)16-20-28)49-32-14-10-13-30(24-32)40-37(46)33(41-36(45)29-11-8-7-9-12-29)23-27-17-21-31(22-18-27)44(4)5/h7-24,34H,6H2,1-5H3,(H,40,46)(H,41,45)(H,42,43,47)/b33-23+. The Kier molecular flexibility index (Phi) is 11.7. The van der Waals surface area contributed by atoms with E-state index < -0.39 is 11.8 Å². The Morgan fingerprint density at radius 3 is 2.27 bits per heavy atom. The van der Waals surface area contributed by atoms with Crippen molar-refractivity contribution in [2.45, 2.75) is 37.3 Å². The summed E-state index contributed by atoms with van der Waals surface area (Å²) in [5.74, 6) is -1.01. The maximum atomic E-state index is 13.6. The highest BCUT2D eigenvalue weighted by Gasteiger charge is 2.21. The number of anilines is 3. The minimum atomic E-state index is -0.476. The number of benzene rings is 4. The summed E-state index contributed by atoms with van der Waals surface area (Å²) in [7, 11) is 3.91. The number of carbonyl (C=O) groups excluding carboxylic acids is 3. The Bertz CT molecular complexity index is 1950. The summed E-state index contributed by atoms with van der Waals surface area (Å²) in [6, 6.07) is 31.9. The minimum absolute atomic E-state index is 0.0964. The lowest BCUT2D eigenvalue weighted by Gasteiger charge is -2.15. The summed E-state index contributed by atoms with van der Waals surface area (Å²) in [5, 5.41) is 8.90. The van der Waals surface area contributed by atoms with Gasteiger partial charge in [-0.1, -0.05) is 73.2 Å². The van der Waals surface area contributed by atoms with Crippen molar-refractivity contribution in [3.05, 3.63) is 130 Å². The molecule has 0 aliphatic heterocycles. The molecule has 0 spiro atoms. The lowest BCUT2D eigenvalue weighted by Crippen LogP contribution is -2.30. The van der Waals surface area contributed by atoms with E-state index in [0.717, 1.165) is 32.3 Å². The molecule has 0 saturated carbocycles. The van der Waals surface area contributed by atoms with E-state index >= 15 is 0 Å². The van der Waals surface area contributed by atoms with Crippen LogP contribution in [0.3, 0.4) is 0 Å². The number of nitrogens with zero attached hydrogens (tertiary/aromatic N) is 2. The van der Waals surface area contributed by atoms with Crippen molar-refractivity contribution in [3.63, 3.8) is 0 Å². The van der Waals surface area contributed by atoms with Crippen LogP contribution in [-0.2, 0) is 9.59 Å². The molecule has 0 aliphatic carbocycles. The lowest BCUT2D eigenvalue weighted by atomic mass is 10.1. The van der Waals surface area contributed by atoms with Crippen LogP contribution in [0.2, 0.25) is 0 Å². The molecule has 3 amide bonds. The predicted octanol–water partition coefficient (Wildman–Crippen LogP) is 8.41. The molecule has 5 rings (SSSR count). The molecule has 5 aromatic rings. The largest absolute Gasteiger partial charge is 0.378 e. The van der Waals surface area contributed by atoms with E-state index in [-0.39, 0.29) is 16.9 Å². The lowest BCUT2D eigenvalue weighted by molar-refractivity contribution is -0.116. The molecule has 0 fully saturated rings. The fourth-order valence-corrected chi connectivity index (χ4v) is 6.78. The van der Waals surface area contributed by atoms with E-state index in [2.05, 4.69) is 28.1 Å². The Balaban J connectivity index is 1.29. The van der Waals surface area contributed by atoms with Gasteiger partial charge in [0.1, 0.15) is 5.70 Å². The molecule has 1 heterocycles. The third kappa shape index (κ3) is 9.46. The second kappa shape index (κ2) is 16.3. The Labute approximate surface area is 295 Å². The summed E-state index contributed by atoms with van der Waals surface area (Å²) >= 11 is 2.87. The smallest absolute Gasteiger partial charge is 0.272 e. The van der Waals surface area contributed by atoms with Crippen LogP contribution in [0.5, 0.6) is 0 Å². The molecule has 1 unspecified atom stereocenters. The van der Waals surface area contributed by atoms with Gasteiger partial charge in [-0.3, -0.25) is 14.4 Å². The van der Waals surface area contributed by atoms with Crippen LogP contribution in [-0.4, -0.2) is 42.1 Å². The van der Waals surface area contributed by atoms with E-state index in [9.17, 15) is 14.4 Å². The van der Waals surface area contributed by atoms with E-state index in [0.29, 0.717) is 22.8 Å². The monoisotopic (exact) mass is 689 g/mol. The van der Waals surface area contributed by atoms with Gasteiger partial charge in [0, 0.05) is 46.4 Å². The van der Waals surface area contributed by atoms with Gasteiger partial charge in [0.05, 0.1) is 10.9 Å². The Hall–Kier alpha value is -5.19. The summed E-state index contributed by atoms with van der Waals surface area (Å²) in [6.07, 6.45) is 2.24. The average molecular weight is 690 g/mol. The zero-order chi connectivity index (χ0) is 34.9. The molecule has 1 aromatic heterocycles. The number of thiazole rings is 1. The Morgan fingerprint density at radius 2 is 1.59 bits per heavy atom. The first kappa shape index (κ1) is 35.1. The molecule has 0 radical (unpaired) electrons. The first-order valence-corrected chi connectivity index (χ1v) is 17.6. The number of hydrogen-bond donors (Lipinski definition) is 3. The molecule has 10 heteroatoms. The molecule has 250 valence electrons. The zero-order valence-electron chi connectivity index (χ0n) is 28.1. The van der Waals surface area contributed by atoms with Crippen LogP contribution in [0.15, 0.2) is 114 Å². The van der Waals surface area contributed by atoms with Crippen molar-refractivity contribution in [2.24, 2.45) is 0 Å². The van der Waals surface area contributed by atoms with Crippen LogP contribution < -0.4 is 20.9 Å². The fraction of sp³-hybridized carbons (Fsp3) is 0.179. The Morgan fingerprint density at radius 1 is 0.878 bits per heavy atom. The van der Waals surface area contributed by atoms with Crippen molar-refractivity contribution in [1.82, 2.24) is 10.3 Å². The topological polar surface area (TPSA) is 103 Å². The predicted molar refractivity (Wildman–Crippen MR) is 203 cm³/mol. The number of hydrogen-bond acceptors (Lipinski definition) is 7. The number of aryl methyl sites for hydroxylation is 2. The van der Waals surface area contributed by atoms with Gasteiger partial charge in [0.2, 0.25) is 5.91 Å². The number of carbonyl (C=O) groups is 3. The highest BCUT2D eigenvalue weighted by Crippen LogP contribution is 2.33.